The van der Waals surface area contributed by atoms with E-state index in [4.69, 9.17) is 28.2 Å². The van der Waals surface area contributed by atoms with Crippen LogP contribution in [-0.4, -0.2) is 54.8 Å². The van der Waals surface area contributed by atoms with Gasteiger partial charge < -0.3 is 5.32 Å². The summed E-state index contributed by atoms with van der Waals surface area (Å²) in [6, 6.07) is 12.7. The molecule has 7 nitrogen and oxygen atoms in total. The molecular formula is C22H22BCl2N5O2S2. The van der Waals surface area contributed by atoms with Crippen LogP contribution in [0.2, 0.25) is 9.36 Å². The van der Waals surface area contributed by atoms with Crippen LogP contribution in [0.25, 0.3) is 16.9 Å². The Morgan fingerprint density at radius 3 is 2.79 bits per heavy atom. The molecule has 1 atom stereocenters. The monoisotopic (exact) mass is 533 g/mol. The number of benzene rings is 1. The molecule has 1 saturated heterocycles. The van der Waals surface area contributed by atoms with E-state index >= 15 is 0 Å². The fourth-order valence-electron chi connectivity index (χ4n) is 4.23. The number of thiophene rings is 1. The third-order valence-electron chi connectivity index (χ3n) is 5.99. The zero-order valence-corrected chi connectivity index (χ0v) is 21.6. The summed E-state index contributed by atoms with van der Waals surface area (Å²) in [5, 5.41) is 8.60. The SMILES string of the molecule is Bc1cnn2c(NCC3CCCN(S(=O)(=O)c4ccc(Cl)s4)C3)cc(-c3ccccc3Cl)nc12. The van der Waals surface area contributed by atoms with Crippen LogP contribution in [0.1, 0.15) is 12.8 Å². The molecule has 0 amide bonds. The molecule has 1 aromatic carbocycles. The van der Waals surface area contributed by atoms with Gasteiger partial charge in [0, 0.05) is 42.5 Å². The van der Waals surface area contributed by atoms with E-state index in [1.54, 1.807) is 27.2 Å². The van der Waals surface area contributed by atoms with Crippen molar-refractivity contribution < 1.29 is 8.42 Å². The highest BCUT2D eigenvalue weighted by atomic mass is 35.5. The molecule has 1 aliphatic rings. The molecule has 1 unspecified atom stereocenters. The molecule has 3 aromatic heterocycles. The van der Waals surface area contributed by atoms with Gasteiger partial charge in [-0.15, -0.1) is 11.3 Å². The van der Waals surface area contributed by atoms with Crippen molar-refractivity contribution >= 4 is 69.3 Å². The van der Waals surface area contributed by atoms with Crippen molar-refractivity contribution in [2.45, 2.75) is 17.1 Å². The molecule has 0 radical (unpaired) electrons. The van der Waals surface area contributed by atoms with Crippen LogP contribution < -0.4 is 10.8 Å². The quantitative estimate of drug-likeness (QED) is 0.383. The Morgan fingerprint density at radius 2 is 2.03 bits per heavy atom. The highest BCUT2D eigenvalue weighted by molar-refractivity contribution is 7.91. The van der Waals surface area contributed by atoms with E-state index in [0.29, 0.717) is 33.2 Å². The summed E-state index contributed by atoms with van der Waals surface area (Å²) < 4.78 is 30.2. The van der Waals surface area contributed by atoms with Gasteiger partial charge in [0.05, 0.1) is 10.0 Å². The van der Waals surface area contributed by atoms with E-state index in [9.17, 15) is 8.42 Å². The molecule has 0 saturated carbocycles. The molecule has 5 rings (SSSR count). The molecule has 1 fully saturated rings. The number of aromatic nitrogens is 3. The van der Waals surface area contributed by atoms with Gasteiger partial charge in [-0.1, -0.05) is 41.4 Å². The molecule has 4 heterocycles. The second-order valence-electron chi connectivity index (χ2n) is 8.38. The third kappa shape index (κ3) is 4.57. The van der Waals surface area contributed by atoms with Gasteiger partial charge in [-0.3, -0.25) is 0 Å². The van der Waals surface area contributed by atoms with Crippen molar-refractivity contribution in [1.82, 2.24) is 18.9 Å². The van der Waals surface area contributed by atoms with Gasteiger partial charge in [-0.25, -0.2) is 13.4 Å². The maximum Gasteiger partial charge on any atom is 0.252 e. The maximum absolute atomic E-state index is 13.1. The number of halogens is 2. The zero-order valence-electron chi connectivity index (χ0n) is 18.4. The molecular weight excluding hydrogens is 512 g/mol. The first kappa shape index (κ1) is 23.6. The molecule has 0 spiro atoms. The third-order valence-corrected chi connectivity index (χ3v) is 9.89. The molecule has 34 heavy (non-hydrogen) atoms. The summed E-state index contributed by atoms with van der Waals surface area (Å²) in [7, 11) is -1.57. The van der Waals surface area contributed by atoms with Crippen LogP contribution in [-0.2, 0) is 10.0 Å². The van der Waals surface area contributed by atoms with E-state index in [2.05, 4.69) is 10.4 Å². The summed E-state index contributed by atoms with van der Waals surface area (Å²) in [6.45, 7) is 1.58. The second kappa shape index (κ2) is 9.51. The lowest BCUT2D eigenvalue weighted by molar-refractivity contribution is 0.275. The summed E-state index contributed by atoms with van der Waals surface area (Å²) in [5.41, 5.74) is 3.32. The standard InChI is InChI=1S/C22H22BCl2N5O2S2/c23-16-12-27-30-20(10-18(28-22(16)30)15-5-1-2-6-17(15)24)26-11-14-4-3-9-29(13-14)34(31,32)21-8-7-19(25)33-21/h1-2,5-8,10,12,14,26H,3-4,9,11,13,23H2. The molecule has 4 aromatic rings. The lowest BCUT2D eigenvalue weighted by Gasteiger charge is -2.31. The van der Waals surface area contributed by atoms with Gasteiger partial charge >= 0.3 is 0 Å². The van der Waals surface area contributed by atoms with Crippen molar-refractivity contribution in [1.29, 1.82) is 0 Å². The Balaban J connectivity index is 1.38. The lowest BCUT2D eigenvalue weighted by Crippen LogP contribution is -2.41. The van der Waals surface area contributed by atoms with Crippen LogP contribution in [0, 0.1) is 5.92 Å². The Kier molecular flexibility index (Phi) is 6.61. The Hall–Kier alpha value is -2.11. The predicted molar refractivity (Wildman–Crippen MR) is 141 cm³/mol. The summed E-state index contributed by atoms with van der Waals surface area (Å²) in [6.07, 6.45) is 3.53. The summed E-state index contributed by atoms with van der Waals surface area (Å²) in [5.74, 6) is 0.945. The molecule has 0 bridgehead atoms. The fraction of sp³-hybridized carbons (Fsp3) is 0.273. The highest BCUT2D eigenvalue weighted by Crippen LogP contribution is 2.31. The number of sulfonamides is 1. The predicted octanol–water partition coefficient (Wildman–Crippen LogP) is 3.54. The van der Waals surface area contributed by atoms with Crippen molar-refractivity contribution in [3.8, 4) is 11.3 Å². The minimum absolute atomic E-state index is 0.155. The van der Waals surface area contributed by atoms with Crippen molar-refractivity contribution in [2.75, 3.05) is 25.0 Å². The van der Waals surface area contributed by atoms with Gasteiger partial charge in [-0.05, 0) is 42.4 Å². The Labute approximate surface area is 213 Å². The van der Waals surface area contributed by atoms with E-state index in [-0.39, 0.29) is 5.92 Å². The van der Waals surface area contributed by atoms with Crippen molar-refractivity contribution in [3.63, 3.8) is 0 Å². The zero-order chi connectivity index (χ0) is 23.9. The van der Waals surface area contributed by atoms with Gasteiger partial charge in [0.1, 0.15) is 17.9 Å². The van der Waals surface area contributed by atoms with Crippen LogP contribution in [0.5, 0.6) is 0 Å². The molecule has 176 valence electrons. The normalized spacial score (nSPS) is 17.3. The average Bonchev–Trinajstić information content (AvgIpc) is 3.44. The number of rotatable bonds is 6. The highest BCUT2D eigenvalue weighted by Gasteiger charge is 2.31. The lowest BCUT2D eigenvalue weighted by atomic mass is 9.99. The number of hydrogen-bond donors (Lipinski definition) is 1. The van der Waals surface area contributed by atoms with Gasteiger partial charge in [0.25, 0.3) is 10.0 Å². The number of anilines is 1. The number of hydrogen-bond acceptors (Lipinski definition) is 6. The van der Waals surface area contributed by atoms with Crippen molar-refractivity contribution in [3.05, 3.63) is 58.0 Å². The number of nitrogens with zero attached hydrogens (tertiary/aromatic N) is 4. The fourth-order valence-corrected chi connectivity index (χ4v) is 7.65. The van der Waals surface area contributed by atoms with Crippen LogP contribution in [0.15, 0.2) is 52.9 Å². The number of fused-ring (bicyclic) bond motifs is 1. The number of nitrogens with one attached hydrogen (secondary N) is 1. The molecule has 1 N–H and O–H groups in total. The first-order valence-corrected chi connectivity index (χ1v) is 13.9. The van der Waals surface area contributed by atoms with E-state index < -0.39 is 10.0 Å². The molecule has 12 heteroatoms. The maximum atomic E-state index is 13.1. The molecule has 1 aliphatic heterocycles. The van der Waals surface area contributed by atoms with Gasteiger partial charge in [0.15, 0.2) is 5.65 Å². The Morgan fingerprint density at radius 1 is 1.21 bits per heavy atom. The average molecular weight is 534 g/mol. The van der Waals surface area contributed by atoms with E-state index in [1.165, 1.54) is 0 Å². The molecule has 0 aliphatic carbocycles. The summed E-state index contributed by atoms with van der Waals surface area (Å²) in [4.78, 5) is 4.78. The minimum atomic E-state index is -3.54. The van der Waals surface area contributed by atoms with Crippen LogP contribution in [0.3, 0.4) is 0 Å². The first-order valence-electron chi connectivity index (χ1n) is 10.9. The van der Waals surface area contributed by atoms with E-state index in [0.717, 1.165) is 52.4 Å². The van der Waals surface area contributed by atoms with Gasteiger partial charge in [0.2, 0.25) is 0 Å². The van der Waals surface area contributed by atoms with Crippen LogP contribution in [0.4, 0.5) is 5.82 Å². The topological polar surface area (TPSA) is 79.6 Å². The number of piperidine rings is 1. The largest absolute Gasteiger partial charge is 0.370 e. The van der Waals surface area contributed by atoms with Gasteiger partial charge in [-0.2, -0.15) is 13.9 Å². The van der Waals surface area contributed by atoms with Crippen molar-refractivity contribution in [2.24, 2.45) is 5.92 Å². The van der Waals surface area contributed by atoms with E-state index in [1.807, 2.05) is 38.2 Å². The second-order valence-corrected chi connectivity index (χ2v) is 12.7. The minimum Gasteiger partial charge on any atom is -0.370 e. The smallest absolute Gasteiger partial charge is 0.252 e. The van der Waals surface area contributed by atoms with Crippen LogP contribution >= 0.6 is 34.5 Å². The Bertz CT molecular complexity index is 1460. The first-order chi connectivity index (χ1) is 16.3. The summed E-state index contributed by atoms with van der Waals surface area (Å²) >= 11 is 13.5.